The number of halogens is 5. The Morgan fingerprint density at radius 3 is 2.30 bits per heavy atom. The van der Waals surface area contributed by atoms with Gasteiger partial charge in [0, 0.05) is 38.4 Å². The minimum absolute atomic E-state index is 0.0778. The van der Waals surface area contributed by atoms with Crippen molar-refractivity contribution in [2.75, 3.05) is 19.4 Å². The van der Waals surface area contributed by atoms with Crippen LogP contribution in [0.15, 0.2) is 48.2 Å². The van der Waals surface area contributed by atoms with Gasteiger partial charge in [0.1, 0.15) is 23.0 Å². The summed E-state index contributed by atoms with van der Waals surface area (Å²) in [5.41, 5.74) is -2.47. The number of nitrogens with zero attached hydrogens (tertiary/aromatic N) is 2. The molecule has 0 unspecified atom stereocenters. The highest BCUT2D eigenvalue weighted by molar-refractivity contribution is 6.32. The summed E-state index contributed by atoms with van der Waals surface area (Å²) in [6.45, 7) is 0. The molecule has 0 bridgehead atoms. The van der Waals surface area contributed by atoms with Crippen molar-refractivity contribution in [1.29, 1.82) is 0 Å². The van der Waals surface area contributed by atoms with E-state index >= 15 is 0 Å². The van der Waals surface area contributed by atoms with Crippen LogP contribution >= 0.6 is 11.6 Å². The van der Waals surface area contributed by atoms with E-state index in [1.807, 2.05) is 5.32 Å². The van der Waals surface area contributed by atoms with Gasteiger partial charge in [-0.15, -0.1) is 0 Å². The third-order valence-electron chi connectivity index (χ3n) is 3.81. The molecule has 0 atom stereocenters. The molecule has 0 spiro atoms. The molecule has 2 aromatic carbocycles. The molecular formula is C19H15ClF4N4O5. The highest BCUT2D eigenvalue weighted by atomic mass is 35.5. The molecule has 0 saturated heterocycles. The lowest BCUT2D eigenvalue weighted by molar-refractivity contribution is -0.384. The normalized spacial score (nSPS) is 11.5. The minimum atomic E-state index is -5.08. The Balaban J connectivity index is 2.23. The maximum Gasteiger partial charge on any atom is 0.431 e. The molecule has 0 aliphatic heterocycles. The Morgan fingerprint density at radius 1 is 1.18 bits per heavy atom. The minimum Gasteiger partial charge on any atom is -0.456 e. The van der Waals surface area contributed by atoms with Crippen LogP contribution in [0.1, 0.15) is 0 Å². The van der Waals surface area contributed by atoms with Gasteiger partial charge in [-0.2, -0.15) is 13.2 Å². The first kappa shape index (κ1) is 25.4. The molecule has 33 heavy (non-hydrogen) atoms. The second-order valence-corrected chi connectivity index (χ2v) is 6.89. The molecule has 0 heterocycles. The number of allylic oxidation sites excluding steroid dienone is 1. The Labute approximate surface area is 188 Å². The van der Waals surface area contributed by atoms with Crippen LogP contribution < -0.4 is 15.4 Å². The van der Waals surface area contributed by atoms with E-state index in [4.69, 9.17) is 16.3 Å². The van der Waals surface area contributed by atoms with Gasteiger partial charge in [-0.1, -0.05) is 11.6 Å². The van der Waals surface area contributed by atoms with E-state index in [2.05, 4.69) is 0 Å². The average molecular weight is 491 g/mol. The lowest BCUT2D eigenvalue weighted by Crippen LogP contribution is -2.36. The molecule has 0 fully saturated rings. The fraction of sp³-hybridized carbons (Fsp3) is 0.158. The largest absolute Gasteiger partial charge is 0.456 e. The number of rotatable bonds is 6. The van der Waals surface area contributed by atoms with E-state index in [0.717, 1.165) is 29.2 Å². The van der Waals surface area contributed by atoms with Crippen molar-refractivity contribution < 1.29 is 36.8 Å². The van der Waals surface area contributed by atoms with E-state index < -0.39 is 40.2 Å². The molecule has 0 aromatic heterocycles. The monoisotopic (exact) mass is 490 g/mol. The van der Waals surface area contributed by atoms with Gasteiger partial charge in [-0.25, -0.2) is 9.18 Å². The van der Waals surface area contributed by atoms with Crippen LogP contribution in [0.5, 0.6) is 11.5 Å². The van der Waals surface area contributed by atoms with Crippen LogP contribution in [-0.4, -0.2) is 42.0 Å². The van der Waals surface area contributed by atoms with Gasteiger partial charge < -0.3 is 20.3 Å². The SMILES string of the molecule is CN(C)C(=O)/C=C(\NC(=O)Nc1cc(Oc2ccc([N+](=O)[O-])cc2)c(Cl)cc1F)C(F)(F)F. The molecule has 2 aromatic rings. The Kier molecular flexibility index (Phi) is 7.82. The van der Waals surface area contributed by atoms with Crippen molar-refractivity contribution in [3.63, 3.8) is 0 Å². The fourth-order valence-corrected chi connectivity index (χ4v) is 2.37. The van der Waals surface area contributed by atoms with Gasteiger partial charge in [0.2, 0.25) is 5.91 Å². The third kappa shape index (κ3) is 7.07. The smallest absolute Gasteiger partial charge is 0.431 e. The van der Waals surface area contributed by atoms with Crippen LogP contribution in [0.3, 0.4) is 0 Å². The van der Waals surface area contributed by atoms with Crippen molar-refractivity contribution in [2.45, 2.75) is 6.18 Å². The molecule has 3 amide bonds. The molecule has 0 saturated carbocycles. The van der Waals surface area contributed by atoms with Gasteiger partial charge in [-0.3, -0.25) is 14.9 Å². The molecule has 2 N–H and O–H groups in total. The average Bonchev–Trinajstić information content (AvgIpc) is 2.70. The van der Waals surface area contributed by atoms with E-state index in [0.29, 0.717) is 0 Å². The number of non-ortho nitro benzene ring substituents is 1. The van der Waals surface area contributed by atoms with Gasteiger partial charge in [0.05, 0.1) is 15.6 Å². The van der Waals surface area contributed by atoms with E-state index in [1.54, 1.807) is 0 Å². The second-order valence-electron chi connectivity index (χ2n) is 6.48. The Morgan fingerprint density at radius 2 is 1.79 bits per heavy atom. The van der Waals surface area contributed by atoms with Gasteiger partial charge in [0.15, 0.2) is 0 Å². The number of nitro benzene ring substituents is 1. The third-order valence-corrected chi connectivity index (χ3v) is 4.10. The van der Waals surface area contributed by atoms with Crippen molar-refractivity contribution in [1.82, 2.24) is 10.2 Å². The van der Waals surface area contributed by atoms with E-state index in [9.17, 15) is 37.3 Å². The maximum absolute atomic E-state index is 14.2. The lowest BCUT2D eigenvalue weighted by Gasteiger charge is -2.16. The lowest BCUT2D eigenvalue weighted by atomic mass is 10.2. The number of amides is 3. The van der Waals surface area contributed by atoms with Crippen molar-refractivity contribution in [3.8, 4) is 11.5 Å². The summed E-state index contributed by atoms with van der Waals surface area (Å²) in [7, 11) is 2.42. The molecule has 0 radical (unpaired) electrons. The van der Waals surface area contributed by atoms with Crippen LogP contribution in [0.4, 0.5) is 33.7 Å². The highest BCUT2D eigenvalue weighted by Crippen LogP contribution is 2.34. The first-order valence-corrected chi connectivity index (χ1v) is 9.15. The predicted molar refractivity (Wildman–Crippen MR) is 110 cm³/mol. The van der Waals surface area contributed by atoms with E-state index in [-0.39, 0.29) is 28.3 Å². The Bertz CT molecular complexity index is 1100. The van der Waals surface area contributed by atoms with Crippen molar-refractivity contribution in [2.24, 2.45) is 0 Å². The molecule has 2 rings (SSSR count). The molecule has 176 valence electrons. The zero-order valence-electron chi connectivity index (χ0n) is 16.9. The number of carbonyl (C=O) groups excluding carboxylic acids is 2. The number of urea groups is 1. The maximum atomic E-state index is 14.2. The molecule has 0 aliphatic rings. The molecule has 14 heteroatoms. The van der Waals surface area contributed by atoms with Gasteiger partial charge >= 0.3 is 12.2 Å². The molecule has 0 aliphatic carbocycles. The number of carbonyl (C=O) groups is 2. The number of hydrogen-bond acceptors (Lipinski definition) is 5. The predicted octanol–water partition coefficient (Wildman–Crippen LogP) is 4.84. The molecule has 9 nitrogen and oxygen atoms in total. The summed E-state index contributed by atoms with van der Waals surface area (Å²) < 4.78 is 59.0. The standard InChI is InChI=1S/C19H15ClF4N4O5/c1-27(2)17(29)9-16(19(22,23)24)26-18(30)25-14-8-15(12(20)7-13(14)21)33-11-5-3-10(4-6-11)28(31)32/h3-9H,1-2H3,(H2,25,26,30)/b16-9-. The van der Waals surface area contributed by atoms with Crippen molar-refractivity contribution >= 4 is 34.9 Å². The van der Waals surface area contributed by atoms with Crippen LogP contribution in [-0.2, 0) is 4.79 Å². The van der Waals surface area contributed by atoms with Crippen LogP contribution in [0.25, 0.3) is 0 Å². The zero-order valence-corrected chi connectivity index (χ0v) is 17.6. The number of anilines is 1. The summed E-state index contributed by atoms with van der Waals surface area (Å²) in [6, 6.07) is 4.90. The summed E-state index contributed by atoms with van der Waals surface area (Å²) in [4.78, 5) is 34.5. The molecular weight excluding hydrogens is 476 g/mol. The fourth-order valence-electron chi connectivity index (χ4n) is 2.18. The number of nitrogens with one attached hydrogen (secondary N) is 2. The number of alkyl halides is 3. The van der Waals surface area contributed by atoms with Gasteiger partial charge in [0.25, 0.3) is 5.69 Å². The number of ether oxygens (including phenoxy) is 1. The number of nitro groups is 1. The zero-order chi connectivity index (χ0) is 24.9. The van der Waals surface area contributed by atoms with Crippen LogP contribution in [0, 0.1) is 15.9 Å². The summed E-state index contributed by atoms with van der Waals surface area (Å²) in [5, 5.41) is 13.8. The first-order valence-electron chi connectivity index (χ1n) is 8.77. The summed E-state index contributed by atoms with van der Waals surface area (Å²) in [5.74, 6) is -2.25. The summed E-state index contributed by atoms with van der Waals surface area (Å²) >= 11 is 5.90. The number of benzene rings is 2. The van der Waals surface area contributed by atoms with Gasteiger partial charge in [-0.05, 0) is 18.2 Å². The van der Waals surface area contributed by atoms with Crippen molar-refractivity contribution in [3.05, 3.63) is 69.1 Å². The number of likely N-dealkylation sites (N-methyl/N-ethyl adjacent to an activating group) is 1. The number of hydrogen-bond donors (Lipinski definition) is 2. The Hall–Kier alpha value is -3.87. The highest BCUT2D eigenvalue weighted by Gasteiger charge is 2.36. The van der Waals surface area contributed by atoms with Crippen LogP contribution in [0.2, 0.25) is 5.02 Å². The topological polar surface area (TPSA) is 114 Å². The second kappa shape index (κ2) is 10.2. The first-order chi connectivity index (χ1) is 15.3. The quantitative estimate of drug-likeness (QED) is 0.260. The van der Waals surface area contributed by atoms with E-state index in [1.165, 1.54) is 31.5 Å². The summed E-state index contributed by atoms with van der Waals surface area (Å²) in [6.07, 6.45) is -4.91.